The molecule has 0 fully saturated rings. The van der Waals surface area contributed by atoms with Crippen molar-refractivity contribution in [3.8, 4) is 11.5 Å². The van der Waals surface area contributed by atoms with E-state index >= 15 is 0 Å². The standard InChI is InChI=1S/C19H16N2O/c1-3-9-17(10-4-1)21-20-15-16-8-7-13-19(14-16)22-18-11-5-2-6-12-18/h1-15,21H. The summed E-state index contributed by atoms with van der Waals surface area (Å²) in [7, 11) is 0. The van der Waals surface area contributed by atoms with Crippen molar-refractivity contribution in [3.05, 3.63) is 90.5 Å². The first-order valence-corrected chi connectivity index (χ1v) is 7.07. The van der Waals surface area contributed by atoms with Gasteiger partial charge in [0.05, 0.1) is 11.9 Å². The number of nitrogens with zero attached hydrogens (tertiary/aromatic N) is 1. The van der Waals surface area contributed by atoms with Crippen molar-refractivity contribution >= 4 is 11.9 Å². The molecule has 22 heavy (non-hydrogen) atoms. The number of anilines is 1. The summed E-state index contributed by atoms with van der Waals surface area (Å²) in [5, 5.41) is 4.23. The van der Waals surface area contributed by atoms with Crippen LogP contribution >= 0.6 is 0 Å². The maximum Gasteiger partial charge on any atom is 0.128 e. The van der Waals surface area contributed by atoms with Gasteiger partial charge in [0.25, 0.3) is 0 Å². The highest BCUT2D eigenvalue weighted by atomic mass is 16.5. The predicted molar refractivity (Wildman–Crippen MR) is 90.6 cm³/mol. The van der Waals surface area contributed by atoms with Gasteiger partial charge in [0.2, 0.25) is 0 Å². The molecule has 0 saturated carbocycles. The van der Waals surface area contributed by atoms with E-state index in [2.05, 4.69) is 10.5 Å². The Morgan fingerprint density at radius 3 is 2.18 bits per heavy atom. The van der Waals surface area contributed by atoms with Crippen molar-refractivity contribution in [2.24, 2.45) is 5.10 Å². The van der Waals surface area contributed by atoms with Crippen LogP contribution in [0.25, 0.3) is 0 Å². The number of ether oxygens (including phenoxy) is 1. The molecule has 3 heteroatoms. The van der Waals surface area contributed by atoms with Crippen LogP contribution < -0.4 is 10.2 Å². The molecule has 3 nitrogen and oxygen atoms in total. The summed E-state index contributed by atoms with van der Waals surface area (Å²) in [4.78, 5) is 0. The summed E-state index contributed by atoms with van der Waals surface area (Å²) in [6.07, 6.45) is 1.77. The average molecular weight is 288 g/mol. The minimum atomic E-state index is 0.787. The van der Waals surface area contributed by atoms with Crippen molar-refractivity contribution < 1.29 is 4.74 Å². The number of hydrogen-bond acceptors (Lipinski definition) is 3. The summed E-state index contributed by atoms with van der Waals surface area (Å²) >= 11 is 0. The first kappa shape index (κ1) is 13.9. The number of rotatable bonds is 5. The lowest BCUT2D eigenvalue weighted by molar-refractivity contribution is 0.482. The van der Waals surface area contributed by atoms with Crippen LogP contribution in [0.15, 0.2) is 90.0 Å². The minimum absolute atomic E-state index is 0.787. The fourth-order valence-corrected chi connectivity index (χ4v) is 1.98. The van der Waals surface area contributed by atoms with Gasteiger partial charge in [0.15, 0.2) is 0 Å². The number of benzene rings is 3. The highest BCUT2D eigenvalue weighted by molar-refractivity contribution is 5.80. The molecule has 0 atom stereocenters. The summed E-state index contributed by atoms with van der Waals surface area (Å²) in [5.74, 6) is 1.61. The quantitative estimate of drug-likeness (QED) is 0.533. The summed E-state index contributed by atoms with van der Waals surface area (Å²) in [5.41, 5.74) is 4.91. The summed E-state index contributed by atoms with van der Waals surface area (Å²) < 4.78 is 5.80. The van der Waals surface area contributed by atoms with Crippen molar-refractivity contribution in [3.63, 3.8) is 0 Å². The maximum atomic E-state index is 5.80. The molecule has 0 saturated heterocycles. The van der Waals surface area contributed by atoms with E-state index in [9.17, 15) is 0 Å². The molecule has 0 amide bonds. The highest BCUT2D eigenvalue weighted by Gasteiger charge is 1.97. The van der Waals surface area contributed by atoms with E-state index in [0.29, 0.717) is 0 Å². The Hall–Kier alpha value is -3.07. The lowest BCUT2D eigenvalue weighted by Gasteiger charge is -2.05. The molecule has 3 aromatic carbocycles. The minimum Gasteiger partial charge on any atom is -0.457 e. The van der Waals surface area contributed by atoms with Gasteiger partial charge >= 0.3 is 0 Å². The molecule has 0 unspecified atom stereocenters. The van der Waals surface area contributed by atoms with Crippen LogP contribution in [0, 0.1) is 0 Å². The Kier molecular flexibility index (Phi) is 4.47. The van der Waals surface area contributed by atoms with Crippen LogP contribution in [0.3, 0.4) is 0 Å². The van der Waals surface area contributed by atoms with Crippen LogP contribution in [0.4, 0.5) is 5.69 Å². The summed E-state index contributed by atoms with van der Waals surface area (Å²) in [6, 6.07) is 27.3. The van der Waals surface area contributed by atoms with E-state index < -0.39 is 0 Å². The second-order valence-corrected chi connectivity index (χ2v) is 4.72. The normalized spacial score (nSPS) is 10.5. The monoisotopic (exact) mass is 288 g/mol. The van der Waals surface area contributed by atoms with Gasteiger partial charge in [0.1, 0.15) is 11.5 Å². The second-order valence-electron chi connectivity index (χ2n) is 4.72. The van der Waals surface area contributed by atoms with Gasteiger partial charge < -0.3 is 4.74 Å². The molecule has 3 rings (SSSR count). The number of hydrazone groups is 1. The molecular formula is C19H16N2O. The molecule has 0 aliphatic heterocycles. The van der Waals surface area contributed by atoms with Gasteiger partial charge in [0, 0.05) is 0 Å². The molecule has 0 aromatic heterocycles. The number of hydrogen-bond donors (Lipinski definition) is 1. The molecule has 0 heterocycles. The third-order valence-electron chi connectivity index (χ3n) is 3.02. The molecule has 108 valence electrons. The average Bonchev–Trinajstić information content (AvgIpc) is 2.57. The number of nitrogens with one attached hydrogen (secondary N) is 1. The van der Waals surface area contributed by atoms with Crippen LogP contribution in [-0.4, -0.2) is 6.21 Å². The lowest BCUT2D eigenvalue weighted by atomic mass is 10.2. The van der Waals surface area contributed by atoms with E-state index in [1.165, 1.54) is 0 Å². The predicted octanol–water partition coefficient (Wildman–Crippen LogP) is 4.92. The van der Waals surface area contributed by atoms with Crippen LogP contribution in [0.5, 0.6) is 11.5 Å². The molecule has 0 bridgehead atoms. The van der Waals surface area contributed by atoms with Gasteiger partial charge in [-0.05, 0) is 42.0 Å². The third-order valence-corrected chi connectivity index (χ3v) is 3.02. The Bertz CT molecular complexity index is 740. The fourth-order valence-electron chi connectivity index (χ4n) is 1.98. The molecule has 1 N–H and O–H groups in total. The van der Waals surface area contributed by atoms with Crippen molar-refractivity contribution in [2.75, 3.05) is 5.43 Å². The molecule has 0 radical (unpaired) electrons. The van der Waals surface area contributed by atoms with Crippen LogP contribution in [-0.2, 0) is 0 Å². The highest BCUT2D eigenvalue weighted by Crippen LogP contribution is 2.21. The van der Waals surface area contributed by atoms with Gasteiger partial charge in [-0.3, -0.25) is 5.43 Å². The van der Waals surface area contributed by atoms with Gasteiger partial charge in [-0.25, -0.2) is 0 Å². The van der Waals surface area contributed by atoms with Gasteiger partial charge in [-0.2, -0.15) is 5.10 Å². The Balaban J connectivity index is 1.66. The molecular weight excluding hydrogens is 272 g/mol. The van der Waals surface area contributed by atoms with E-state index in [0.717, 1.165) is 22.7 Å². The van der Waals surface area contributed by atoms with E-state index in [1.807, 2.05) is 84.9 Å². The van der Waals surface area contributed by atoms with E-state index in [4.69, 9.17) is 4.74 Å². The Morgan fingerprint density at radius 2 is 1.41 bits per heavy atom. The lowest BCUT2D eigenvalue weighted by Crippen LogP contribution is -1.91. The molecule has 3 aromatic rings. The maximum absolute atomic E-state index is 5.80. The first-order chi connectivity index (χ1) is 10.9. The smallest absolute Gasteiger partial charge is 0.128 e. The largest absolute Gasteiger partial charge is 0.457 e. The fraction of sp³-hybridized carbons (Fsp3) is 0. The van der Waals surface area contributed by atoms with Crippen LogP contribution in [0.2, 0.25) is 0 Å². The van der Waals surface area contributed by atoms with Gasteiger partial charge in [-0.15, -0.1) is 0 Å². The van der Waals surface area contributed by atoms with Crippen molar-refractivity contribution in [1.82, 2.24) is 0 Å². The zero-order chi connectivity index (χ0) is 15.0. The van der Waals surface area contributed by atoms with Crippen molar-refractivity contribution in [1.29, 1.82) is 0 Å². The third kappa shape index (κ3) is 3.96. The first-order valence-electron chi connectivity index (χ1n) is 7.07. The topological polar surface area (TPSA) is 33.6 Å². The zero-order valence-corrected chi connectivity index (χ0v) is 12.0. The van der Waals surface area contributed by atoms with E-state index in [1.54, 1.807) is 6.21 Å². The Morgan fingerprint density at radius 1 is 0.727 bits per heavy atom. The van der Waals surface area contributed by atoms with Crippen LogP contribution in [0.1, 0.15) is 5.56 Å². The molecule has 0 spiro atoms. The van der Waals surface area contributed by atoms with Crippen molar-refractivity contribution in [2.45, 2.75) is 0 Å². The van der Waals surface area contributed by atoms with E-state index in [-0.39, 0.29) is 0 Å². The summed E-state index contributed by atoms with van der Waals surface area (Å²) in [6.45, 7) is 0. The molecule has 0 aliphatic carbocycles. The zero-order valence-electron chi connectivity index (χ0n) is 12.0. The SMILES string of the molecule is C(=NNc1ccccc1)c1cccc(Oc2ccccc2)c1. The second kappa shape index (κ2) is 7.09. The Labute approximate surface area is 129 Å². The number of para-hydroxylation sites is 2. The molecule has 0 aliphatic rings. The van der Waals surface area contributed by atoms with Gasteiger partial charge in [-0.1, -0.05) is 48.5 Å².